The summed E-state index contributed by atoms with van der Waals surface area (Å²) in [5, 5.41) is 18.9. The summed E-state index contributed by atoms with van der Waals surface area (Å²) in [6.07, 6.45) is 4.86. The van der Waals surface area contributed by atoms with Crippen LogP contribution in [0.2, 0.25) is 0 Å². The summed E-state index contributed by atoms with van der Waals surface area (Å²) in [6, 6.07) is 13.9. The molecule has 0 unspecified atom stereocenters. The maximum absolute atomic E-state index is 13.3. The molecule has 1 N–H and O–H groups in total. The van der Waals surface area contributed by atoms with E-state index in [0.29, 0.717) is 51.2 Å². The molecule has 38 heavy (non-hydrogen) atoms. The third-order valence-electron chi connectivity index (χ3n) is 5.39. The van der Waals surface area contributed by atoms with Crippen molar-refractivity contribution >= 4 is 35.1 Å². The van der Waals surface area contributed by atoms with Crippen LogP contribution in [-0.4, -0.2) is 48.1 Å². The minimum absolute atomic E-state index is 0.0206. The van der Waals surface area contributed by atoms with Crippen LogP contribution in [0.25, 0.3) is 6.08 Å². The molecular formula is C28H29N3O6S. The number of phenols is 1. The van der Waals surface area contributed by atoms with E-state index in [9.17, 15) is 9.90 Å². The molecule has 0 aliphatic carbocycles. The van der Waals surface area contributed by atoms with Crippen LogP contribution in [0.15, 0.2) is 74.3 Å². The number of benzene rings is 2. The Morgan fingerprint density at radius 1 is 1.05 bits per heavy atom. The first kappa shape index (κ1) is 26.9. The average molecular weight is 536 g/mol. The molecule has 0 saturated carbocycles. The highest BCUT2D eigenvalue weighted by Gasteiger charge is 2.34. The van der Waals surface area contributed by atoms with E-state index < -0.39 is 0 Å². The molecule has 2 aromatic carbocycles. The Balaban J connectivity index is 1.58. The molecule has 3 aromatic rings. The highest BCUT2D eigenvalue weighted by Crippen LogP contribution is 2.35. The van der Waals surface area contributed by atoms with E-state index in [1.807, 2.05) is 18.2 Å². The normalized spacial score (nSPS) is 15.8. The number of rotatable bonds is 10. The molecule has 2 heterocycles. The Labute approximate surface area is 225 Å². The zero-order valence-electron chi connectivity index (χ0n) is 21.6. The molecule has 10 heteroatoms. The van der Waals surface area contributed by atoms with E-state index in [-0.39, 0.29) is 18.2 Å². The van der Waals surface area contributed by atoms with Crippen molar-refractivity contribution in [2.24, 2.45) is 16.1 Å². The lowest BCUT2D eigenvalue weighted by atomic mass is 10.2. The highest BCUT2D eigenvalue weighted by molar-refractivity contribution is 8.18. The van der Waals surface area contributed by atoms with Gasteiger partial charge in [0.15, 0.2) is 28.2 Å². The summed E-state index contributed by atoms with van der Waals surface area (Å²) >= 11 is 1.20. The molecule has 0 bridgehead atoms. The first-order chi connectivity index (χ1) is 18.4. The third-order valence-corrected chi connectivity index (χ3v) is 6.39. The van der Waals surface area contributed by atoms with Crippen LogP contribution in [0, 0.1) is 5.92 Å². The Kier molecular flexibility index (Phi) is 8.75. The number of hydrogen-bond acceptors (Lipinski definition) is 9. The number of furan rings is 1. The molecule has 0 radical (unpaired) electrons. The zero-order chi connectivity index (χ0) is 27.1. The van der Waals surface area contributed by atoms with E-state index in [1.54, 1.807) is 49.9 Å². The van der Waals surface area contributed by atoms with Crippen molar-refractivity contribution in [2.45, 2.75) is 20.4 Å². The number of carbonyl (C=O) groups is 1. The van der Waals surface area contributed by atoms with Gasteiger partial charge in [0.25, 0.3) is 5.91 Å². The van der Waals surface area contributed by atoms with Crippen LogP contribution in [0.5, 0.6) is 23.0 Å². The van der Waals surface area contributed by atoms with Gasteiger partial charge in [0.2, 0.25) is 0 Å². The molecule has 0 spiro atoms. The summed E-state index contributed by atoms with van der Waals surface area (Å²) in [7, 11) is 3.06. The second-order valence-corrected chi connectivity index (χ2v) is 9.76. The Morgan fingerprint density at radius 2 is 1.82 bits per heavy atom. The van der Waals surface area contributed by atoms with Gasteiger partial charge in [0.05, 0.1) is 44.8 Å². The van der Waals surface area contributed by atoms with Gasteiger partial charge in [-0.15, -0.1) is 5.10 Å². The molecule has 198 valence electrons. The summed E-state index contributed by atoms with van der Waals surface area (Å²) < 4.78 is 21.9. The minimum atomic E-state index is -0.235. The molecule has 1 fully saturated rings. The molecule has 1 saturated heterocycles. The number of aromatic hydroxyl groups is 1. The molecule has 1 aromatic heterocycles. The van der Waals surface area contributed by atoms with Crippen molar-refractivity contribution in [3.8, 4) is 23.0 Å². The van der Waals surface area contributed by atoms with E-state index in [4.69, 9.17) is 18.6 Å². The van der Waals surface area contributed by atoms with Crippen molar-refractivity contribution in [1.82, 2.24) is 4.90 Å². The molecule has 0 atom stereocenters. The second kappa shape index (κ2) is 12.4. The molecule has 9 nitrogen and oxygen atoms in total. The lowest BCUT2D eigenvalue weighted by molar-refractivity contribution is -0.122. The second-order valence-electron chi connectivity index (χ2n) is 8.75. The van der Waals surface area contributed by atoms with Crippen LogP contribution >= 0.6 is 11.8 Å². The fourth-order valence-electron chi connectivity index (χ4n) is 3.50. The van der Waals surface area contributed by atoms with Crippen LogP contribution in [0.4, 0.5) is 0 Å². The van der Waals surface area contributed by atoms with Gasteiger partial charge in [-0.3, -0.25) is 9.69 Å². The van der Waals surface area contributed by atoms with Gasteiger partial charge in [-0.1, -0.05) is 19.9 Å². The predicted octanol–water partition coefficient (Wildman–Crippen LogP) is 5.54. The summed E-state index contributed by atoms with van der Waals surface area (Å²) in [6.45, 7) is 4.95. The van der Waals surface area contributed by atoms with Gasteiger partial charge < -0.3 is 23.7 Å². The van der Waals surface area contributed by atoms with Crippen molar-refractivity contribution < 1.29 is 28.5 Å². The first-order valence-corrected chi connectivity index (χ1v) is 12.7. The largest absolute Gasteiger partial charge is 0.504 e. The van der Waals surface area contributed by atoms with Crippen molar-refractivity contribution in [3.63, 3.8) is 0 Å². The van der Waals surface area contributed by atoms with Crippen molar-refractivity contribution in [3.05, 3.63) is 76.6 Å². The quantitative estimate of drug-likeness (QED) is 0.206. The third kappa shape index (κ3) is 6.57. The topological polar surface area (TPSA) is 106 Å². The van der Waals surface area contributed by atoms with E-state index in [2.05, 4.69) is 24.1 Å². The van der Waals surface area contributed by atoms with Gasteiger partial charge >= 0.3 is 0 Å². The lowest BCUT2D eigenvalue weighted by Crippen LogP contribution is -2.28. The van der Waals surface area contributed by atoms with Gasteiger partial charge in [0.1, 0.15) is 5.76 Å². The molecule has 1 aliphatic heterocycles. The summed E-state index contributed by atoms with van der Waals surface area (Å²) in [5.74, 6) is 2.37. The van der Waals surface area contributed by atoms with Gasteiger partial charge in [-0.05, 0) is 77.3 Å². The smallest absolute Gasteiger partial charge is 0.267 e. The van der Waals surface area contributed by atoms with Crippen LogP contribution in [0.1, 0.15) is 30.7 Å². The maximum atomic E-state index is 13.3. The number of carbonyl (C=O) groups excluding carboxylic acids is 1. The number of amidine groups is 1. The number of amides is 1. The van der Waals surface area contributed by atoms with Gasteiger partial charge in [0, 0.05) is 0 Å². The number of methoxy groups -OCH3 is 2. The molecule has 4 rings (SSSR count). The average Bonchev–Trinajstić information content (AvgIpc) is 3.53. The zero-order valence-corrected chi connectivity index (χ0v) is 22.4. The fourth-order valence-corrected chi connectivity index (χ4v) is 4.44. The van der Waals surface area contributed by atoms with E-state index in [1.165, 1.54) is 29.8 Å². The number of phenolic OH excluding ortho intramolecular Hbond substituents is 1. The lowest BCUT2D eigenvalue weighted by Gasteiger charge is -2.13. The first-order valence-electron chi connectivity index (χ1n) is 11.9. The van der Waals surface area contributed by atoms with Crippen LogP contribution < -0.4 is 14.2 Å². The summed E-state index contributed by atoms with van der Waals surface area (Å²) in [4.78, 5) is 15.2. The number of hydrogen-bond donors (Lipinski definition) is 1. The highest BCUT2D eigenvalue weighted by atomic mass is 32.2. The fraction of sp³-hybridized carbons (Fsp3) is 0.250. The van der Waals surface area contributed by atoms with E-state index in [0.717, 1.165) is 5.56 Å². The van der Waals surface area contributed by atoms with Gasteiger partial charge in [-0.25, -0.2) is 0 Å². The SMILES string of the molecule is COc1cc(/C=C2\S/C(=N/N=C\c3ccc(OCC(C)C)c(OC)c3)N(Cc3ccco3)C2=O)ccc1O. The monoisotopic (exact) mass is 535 g/mol. The minimum Gasteiger partial charge on any atom is -0.504 e. The number of nitrogens with zero attached hydrogens (tertiary/aromatic N) is 3. The Hall–Kier alpha value is -4.18. The van der Waals surface area contributed by atoms with Crippen molar-refractivity contribution in [1.29, 1.82) is 0 Å². The number of ether oxygens (including phenoxy) is 3. The maximum Gasteiger partial charge on any atom is 0.267 e. The standard InChI is InChI=1S/C28H29N3O6S/c1-18(2)17-37-23-10-8-20(13-25(23)35-4)15-29-30-28-31(16-21-6-5-11-36-21)27(33)26(38-28)14-19-7-9-22(32)24(12-19)34-3/h5-15,18,32H,16-17H2,1-4H3/b26-14-,29-15-,30-28+. The number of thioether (sulfide) groups is 1. The summed E-state index contributed by atoms with van der Waals surface area (Å²) in [5.41, 5.74) is 1.46. The molecule has 1 amide bonds. The van der Waals surface area contributed by atoms with Crippen molar-refractivity contribution in [2.75, 3.05) is 20.8 Å². The van der Waals surface area contributed by atoms with Gasteiger partial charge in [-0.2, -0.15) is 5.10 Å². The molecular weight excluding hydrogens is 506 g/mol. The Morgan fingerprint density at radius 3 is 2.53 bits per heavy atom. The van der Waals surface area contributed by atoms with Crippen LogP contribution in [-0.2, 0) is 11.3 Å². The molecule has 1 aliphatic rings. The van der Waals surface area contributed by atoms with Crippen LogP contribution in [0.3, 0.4) is 0 Å². The Bertz CT molecular complexity index is 1360. The predicted molar refractivity (Wildman–Crippen MR) is 148 cm³/mol. The van der Waals surface area contributed by atoms with E-state index >= 15 is 0 Å².